The second kappa shape index (κ2) is 7.35. The summed E-state index contributed by atoms with van der Waals surface area (Å²) in [5, 5.41) is 2.69. The molecule has 0 aliphatic rings. The lowest BCUT2D eigenvalue weighted by molar-refractivity contribution is -0.121. The quantitative estimate of drug-likeness (QED) is 0.875. The smallest absolute Gasteiger partial charge is 0.250 e. The first-order valence-corrected chi connectivity index (χ1v) is 6.56. The minimum absolute atomic E-state index is 0.00960. The fourth-order valence-electron chi connectivity index (χ4n) is 1.65. The van der Waals surface area contributed by atoms with E-state index >= 15 is 0 Å². The van der Waals surface area contributed by atoms with Crippen LogP contribution in [0.2, 0.25) is 0 Å². The average Bonchev–Trinajstić information content (AvgIpc) is 2.49. The van der Waals surface area contributed by atoms with Gasteiger partial charge in [-0.2, -0.15) is 0 Å². The van der Waals surface area contributed by atoms with Gasteiger partial charge in [0, 0.05) is 14.1 Å². The molecule has 0 saturated heterocycles. The van der Waals surface area contributed by atoms with E-state index in [1.54, 1.807) is 17.3 Å². The summed E-state index contributed by atoms with van der Waals surface area (Å²) >= 11 is 0. The van der Waals surface area contributed by atoms with Crippen LogP contribution in [-0.4, -0.2) is 36.6 Å². The van der Waals surface area contributed by atoms with Crippen LogP contribution in [0.4, 0.5) is 11.6 Å². The summed E-state index contributed by atoms with van der Waals surface area (Å²) in [4.78, 5) is 21.7. The van der Waals surface area contributed by atoms with Crippen LogP contribution < -0.4 is 10.2 Å². The molecule has 0 aliphatic heterocycles. The molecule has 1 amide bonds. The van der Waals surface area contributed by atoms with Crippen molar-refractivity contribution in [3.63, 3.8) is 0 Å². The van der Waals surface area contributed by atoms with Crippen LogP contribution in [-0.2, 0) is 16.1 Å². The zero-order chi connectivity index (χ0) is 15.1. The molecule has 6 nitrogen and oxygen atoms in total. The van der Waals surface area contributed by atoms with E-state index in [1.165, 1.54) is 0 Å². The van der Waals surface area contributed by atoms with Crippen LogP contribution in [0, 0.1) is 0 Å². The summed E-state index contributed by atoms with van der Waals surface area (Å²) < 4.78 is 5.35. The molecule has 0 bridgehead atoms. The second-order valence-electron chi connectivity index (χ2n) is 4.69. The highest BCUT2D eigenvalue weighted by Gasteiger charge is 2.05. The molecule has 110 valence electrons. The lowest BCUT2D eigenvalue weighted by atomic mass is 10.2. The number of amides is 1. The van der Waals surface area contributed by atoms with Crippen LogP contribution >= 0.6 is 0 Å². The van der Waals surface area contributed by atoms with E-state index in [0.29, 0.717) is 18.2 Å². The molecule has 0 radical (unpaired) electrons. The molecular formula is C15H18N4O2. The van der Waals surface area contributed by atoms with Crippen LogP contribution in [0.1, 0.15) is 5.56 Å². The van der Waals surface area contributed by atoms with Gasteiger partial charge in [-0.05, 0) is 5.56 Å². The fraction of sp³-hybridized carbons (Fsp3) is 0.267. The molecular weight excluding hydrogens is 268 g/mol. The van der Waals surface area contributed by atoms with Gasteiger partial charge in [0.15, 0.2) is 0 Å². The Morgan fingerprint density at radius 1 is 1.19 bits per heavy atom. The van der Waals surface area contributed by atoms with Gasteiger partial charge in [-0.25, -0.2) is 9.97 Å². The zero-order valence-electron chi connectivity index (χ0n) is 12.1. The summed E-state index contributed by atoms with van der Waals surface area (Å²) in [6.45, 7) is 0.397. The molecule has 0 unspecified atom stereocenters. The largest absolute Gasteiger partial charge is 0.367 e. The highest BCUT2D eigenvalue weighted by Crippen LogP contribution is 2.07. The summed E-state index contributed by atoms with van der Waals surface area (Å²) in [6, 6.07) is 9.70. The predicted octanol–water partition coefficient (Wildman–Crippen LogP) is 1.70. The molecule has 0 fully saturated rings. The van der Waals surface area contributed by atoms with E-state index in [0.717, 1.165) is 5.56 Å². The molecule has 0 aliphatic carbocycles. The molecule has 6 heteroatoms. The van der Waals surface area contributed by atoms with E-state index in [2.05, 4.69) is 15.3 Å². The standard InChI is InChI=1S/C15H18N4O2/c1-19(2)15-16-8-13(9-17-15)18-14(20)11-21-10-12-6-4-3-5-7-12/h3-9H,10-11H2,1-2H3,(H,18,20). The third-order valence-electron chi connectivity index (χ3n) is 2.67. The van der Waals surface area contributed by atoms with Crippen LogP contribution in [0.15, 0.2) is 42.7 Å². The molecule has 1 heterocycles. The molecule has 0 saturated carbocycles. The Morgan fingerprint density at radius 2 is 1.86 bits per heavy atom. The van der Waals surface area contributed by atoms with Crippen molar-refractivity contribution in [1.29, 1.82) is 0 Å². The van der Waals surface area contributed by atoms with Crippen molar-refractivity contribution in [2.24, 2.45) is 0 Å². The van der Waals surface area contributed by atoms with Crippen molar-refractivity contribution in [1.82, 2.24) is 9.97 Å². The molecule has 1 N–H and O–H groups in total. The maximum absolute atomic E-state index is 11.7. The lowest BCUT2D eigenvalue weighted by Gasteiger charge is -2.10. The first-order chi connectivity index (χ1) is 10.1. The summed E-state index contributed by atoms with van der Waals surface area (Å²) in [7, 11) is 3.70. The van der Waals surface area contributed by atoms with Gasteiger partial charge in [-0.15, -0.1) is 0 Å². The lowest BCUT2D eigenvalue weighted by Crippen LogP contribution is -2.19. The van der Waals surface area contributed by atoms with E-state index in [9.17, 15) is 4.79 Å². The maximum Gasteiger partial charge on any atom is 0.250 e. The summed E-state index contributed by atoms with van der Waals surface area (Å²) in [5.74, 6) is 0.362. The Kier molecular flexibility index (Phi) is 5.22. The highest BCUT2D eigenvalue weighted by molar-refractivity contribution is 5.91. The van der Waals surface area contributed by atoms with Gasteiger partial charge < -0.3 is 15.0 Å². The Balaban J connectivity index is 1.76. The number of ether oxygens (including phenoxy) is 1. The topological polar surface area (TPSA) is 67.4 Å². The first kappa shape index (κ1) is 14.9. The molecule has 2 aromatic rings. The highest BCUT2D eigenvalue weighted by atomic mass is 16.5. The van der Waals surface area contributed by atoms with Gasteiger partial charge >= 0.3 is 0 Å². The zero-order valence-corrected chi connectivity index (χ0v) is 12.1. The van der Waals surface area contributed by atoms with Crippen LogP contribution in [0.25, 0.3) is 0 Å². The maximum atomic E-state index is 11.7. The number of rotatable bonds is 6. The van der Waals surface area contributed by atoms with Crippen molar-refractivity contribution in [2.75, 3.05) is 30.9 Å². The summed E-state index contributed by atoms with van der Waals surface area (Å²) in [5.41, 5.74) is 1.58. The second-order valence-corrected chi connectivity index (χ2v) is 4.69. The summed E-state index contributed by atoms with van der Waals surface area (Å²) in [6.07, 6.45) is 3.13. The normalized spacial score (nSPS) is 10.2. The monoisotopic (exact) mass is 286 g/mol. The Hall–Kier alpha value is -2.47. The molecule has 2 rings (SSSR count). The van der Waals surface area contributed by atoms with Crippen molar-refractivity contribution >= 4 is 17.5 Å². The molecule has 21 heavy (non-hydrogen) atoms. The number of nitrogens with one attached hydrogen (secondary N) is 1. The third-order valence-corrected chi connectivity index (χ3v) is 2.67. The number of nitrogens with zero attached hydrogens (tertiary/aromatic N) is 3. The Bertz CT molecular complexity index is 570. The van der Waals surface area contributed by atoms with Gasteiger partial charge in [0.1, 0.15) is 6.61 Å². The van der Waals surface area contributed by atoms with Crippen molar-refractivity contribution < 1.29 is 9.53 Å². The van der Waals surface area contributed by atoms with Crippen LogP contribution in [0.3, 0.4) is 0 Å². The number of carbonyl (C=O) groups excluding carboxylic acids is 1. The minimum Gasteiger partial charge on any atom is -0.367 e. The van der Waals surface area contributed by atoms with Gasteiger partial charge in [0.05, 0.1) is 24.7 Å². The van der Waals surface area contributed by atoms with Gasteiger partial charge in [0.25, 0.3) is 0 Å². The van der Waals surface area contributed by atoms with Crippen molar-refractivity contribution in [3.8, 4) is 0 Å². The fourth-order valence-corrected chi connectivity index (χ4v) is 1.65. The average molecular weight is 286 g/mol. The Labute approximate surface area is 123 Å². The van der Waals surface area contributed by atoms with Crippen molar-refractivity contribution in [3.05, 3.63) is 48.3 Å². The molecule has 1 aromatic heterocycles. The molecule has 0 atom stereocenters. The van der Waals surface area contributed by atoms with Crippen molar-refractivity contribution in [2.45, 2.75) is 6.61 Å². The van der Waals surface area contributed by atoms with Gasteiger partial charge in [0.2, 0.25) is 11.9 Å². The van der Waals surface area contributed by atoms with Crippen LogP contribution in [0.5, 0.6) is 0 Å². The molecule has 1 aromatic carbocycles. The van der Waals surface area contributed by atoms with E-state index in [-0.39, 0.29) is 12.5 Å². The van der Waals surface area contributed by atoms with E-state index < -0.39 is 0 Å². The number of anilines is 2. The Morgan fingerprint density at radius 3 is 2.48 bits per heavy atom. The number of hydrogen-bond donors (Lipinski definition) is 1. The van der Waals surface area contributed by atoms with E-state index in [4.69, 9.17) is 4.74 Å². The number of benzene rings is 1. The van der Waals surface area contributed by atoms with Gasteiger partial charge in [-0.3, -0.25) is 4.79 Å². The van der Waals surface area contributed by atoms with E-state index in [1.807, 2.05) is 44.4 Å². The first-order valence-electron chi connectivity index (χ1n) is 6.56. The number of carbonyl (C=O) groups is 1. The predicted molar refractivity (Wildman–Crippen MR) is 81.1 cm³/mol. The SMILES string of the molecule is CN(C)c1ncc(NC(=O)COCc2ccccc2)cn1. The number of hydrogen-bond acceptors (Lipinski definition) is 5. The van der Waals surface area contributed by atoms with Gasteiger partial charge in [-0.1, -0.05) is 30.3 Å². The third kappa shape index (κ3) is 4.85. The molecule has 0 spiro atoms. The minimum atomic E-state index is -0.230. The number of aromatic nitrogens is 2.